The lowest BCUT2D eigenvalue weighted by Gasteiger charge is -1.96. The zero-order chi connectivity index (χ0) is 11.8. The van der Waals surface area contributed by atoms with Crippen molar-refractivity contribution in [2.45, 2.75) is 13.8 Å². The Hall–Kier alpha value is -0.180. The van der Waals surface area contributed by atoms with Crippen LogP contribution in [0.4, 0.5) is 0 Å². The number of halogens is 3. The van der Waals surface area contributed by atoms with Gasteiger partial charge in [-0.3, -0.25) is 4.79 Å². The lowest BCUT2D eigenvalue weighted by molar-refractivity contribution is -0.139. The van der Waals surface area contributed by atoms with E-state index < -0.39 is 5.97 Å². The third-order valence-corrected chi connectivity index (χ3v) is 3.22. The average molecular weight is 270 g/mol. The van der Waals surface area contributed by atoms with Gasteiger partial charge in [-0.05, 0) is 17.4 Å². The Kier molecular flexibility index (Phi) is 3.75. The molecule has 0 radical (unpaired) electrons. The largest absolute Gasteiger partial charge is 0.481 e. The van der Waals surface area contributed by atoms with Crippen molar-refractivity contribution in [2.75, 3.05) is 0 Å². The molecule has 0 saturated heterocycles. The number of carboxylic acids is 1. The van der Waals surface area contributed by atoms with Crippen LogP contribution >= 0.6 is 34.8 Å². The van der Waals surface area contributed by atoms with Gasteiger partial charge < -0.3 is 5.11 Å². The van der Waals surface area contributed by atoms with Crippen molar-refractivity contribution in [1.82, 2.24) is 0 Å². The highest BCUT2D eigenvalue weighted by Crippen LogP contribution is 2.59. The number of carboxylic acid groups (broad SMARTS) is 1. The number of aliphatic carboxylic acids is 1. The number of rotatable bonds is 3. The van der Waals surface area contributed by atoms with Gasteiger partial charge in [0.25, 0.3) is 0 Å². The van der Waals surface area contributed by atoms with Gasteiger partial charge >= 0.3 is 5.97 Å². The van der Waals surface area contributed by atoms with E-state index in [0.717, 1.165) is 0 Å². The molecule has 1 aliphatic rings. The fourth-order valence-corrected chi connectivity index (χ4v) is 2.38. The summed E-state index contributed by atoms with van der Waals surface area (Å²) in [5.41, 5.74) is -0.251. The van der Waals surface area contributed by atoms with Crippen molar-refractivity contribution in [1.29, 1.82) is 0 Å². The van der Waals surface area contributed by atoms with Gasteiger partial charge in [0.15, 0.2) is 0 Å². The molecule has 1 aliphatic carbocycles. The smallest absolute Gasteiger partial charge is 0.307 e. The van der Waals surface area contributed by atoms with Crippen LogP contribution in [-0.2, 0) is 4.79 Å². The van der Waals surface area contributed by atoms with E-state index in [9.17, 15) is 4.79 Å². The van der Waals surface area contributed by atoms with Gasteiger partial charge in [-0.2, -0.15) is 0 Å². The van der Waals surface area contributed by atoms with Crippen LogP contribution in [0.1, 0.15) is 13.8 Å². The fraction of sp³-hybridized carbons (Fsp3) is 0.500. The summed E-state index contributed by atoms with van der Waals surface area (Å²) < 4.78 is 0.0570. The van der Waals surface area contributed by atoms with Gasteiger partial charge in [0.05, 0.1) is 5.92 Å². The molecule has 1 saturated carbocycles. The summed E-state index contributed by atoms with van der Waals surface area (Å²) in [7, 11) is 0. The lowest BCUT2D eigenvalue weighted by atomic mass is 10.1. The highest BCUT2D eigenvalue weighted by molar-refractivity contribution is 6.56. The summed E-state index contributed by atoms with van der Waals surface area (Å²) in [4.78, 5) is 10.9. The Morgan fingerprint density at radius 2 is 1.87 bits per heavy atom. The molecule has 0 aromatic heterocycles. The van der Waals surface area contributed by atoms with E-state index in [1.807, 2.05) is 13.8 Å². The Balaban J connectivity index is 2.78. The van der Waals surface area contributed by atoms with E-state index in [4.69, 9.17) is 39.9 Å². The van der Waals surface area contributed by atoms with E-state index >= 15 is 0 Å². The normalized spacial score (nSPS) is 28.5. The number of carbonyl (C=O) groups is 1. The molecular weight excluding hydrogens is 258 g/mol. The van der Waals surface area contributed by atoms with Crippen molar-refractivity contribution < 1.29 is 9.90 Å². The van der Waals surface area contributed by atoms with Crippen LogP contribution < -0.4 is 0 Å². The van der Waals surface area contributed by atoms with Gasteiger partial charge in [-0.15, -0.1) is 0 Å². The standard InChI is InChI=1S/C10H11Cl3O2/c1-10(2)6(8(10)9(14)15)3-5(11)4-7(12)13/h3-4,6,8H,1-2H3,(H,14,15)/t6-,8+/m0/s1. The van der Waals surface area contributed by atoms with Crippen molar-refractivity contribution in [3.05, 3.63) is 21.7 Å². The quantitative estimate of drug-likeness (QED) is 0.792. The summed E-state index contributed by atoms with van der Waals surface area (Å²) >= 11 is 16.7. The minimum atomic E-state index is -0.799. The highest BCUT2D eigenvalue weighted by atomic mass is 35.5. The second-order valence-corrected chi connectivity index (χ2v) is 5.59. The van der Waals surface area contributed by atoms with Crippen molar-refractivity contribution in [3.63, 3.8) is 0 Å². The Bertz CT molecular complexity index is 341. The average Bonchev–Trinajstić information content (AvgIpc) is 2.50. The molecular formula is C10H11Cl3O2. The Labute approximate surface area is 104 Å². The van der Waals surface area contributed by atoms with Crippen molar-refractivity contribution in [3.8, 4) is 0 Å². The molecule has 1 N–H and O–H groups in total. The summed E-state index contributed by atoms with van der Waals surface area (Å²) in [6, 6.07) is 0. The molecule has 0 spiro atoms. The molecule has 5 heteroatoms. The SMILES string of the molecule is CC1(C)[C@@H](C=C(Cl)C=C(Cl)Cl)[C@@H]1C(=O)O. The van der Waals surface area contributed by atoms with Crippen LogP contribution in [0.15, 0.2) is 21.7 Å². The summed E-state index contributed by atoms with van der Waals surface area (Å²) in [5, 5.41) is 9.29. The molecule has 0 unspecified atom stereocenters. The zero-order valence-corrected chi connectivity index (χ0v) is 10.6. The molecule has 0 amide bonds. The molecule has 0 bridgehead atoms. The third-order valence-electron chi connectivity index (χ3n) is 2.76. The Morgan fingerprint density at radius 1 is 1.33 bits per heavy atom. The van der Waals surface area contributed by atoms with Crippen LogP contribution in [0.2, 0.25) is 0 Å². The number of hydrogen-bond acceptors (Lipinski definition) is 1. The molecule has 2 nitrogen and oxygen atoms in total. The van der Waals surface area contributed by atoms with E-state index in [-0.39, 0.29) is 21.7 Å². The molecule has 0 aliphatic heterocycles. The summed E-state index contributed by atoms with van der Waals surface area (Å²) in [6.07, 6.45) is 3.07. The minimum Gasteiger partial charge on any atom is -0.481 e. The molecule has 2 atom stereocenters. The Morgan fingerprint density at radius 3 is 2.20 bits per heavy atom. The highest BCUT2D eigenvalue weighted by Gasteiger charge is 2.60. The van der Waals surface area contributed by atoms with Crippen LogP contribution in [-0.4, -0.2) is 11.1 Å². The molecule has 1 fully saturated rings. The maximum absolute atomic E-state index is 10.9. The molecule has 0 aromatic rings. The number of allylic oxidation sites excluding steroid dienone is 3. The summed E-state index contributed by atoms with van der Waals surface area (Å²) in [6.45, 7) is 3.78. The topological polar surface area (TPSA) is 37.3 Å². The van der Waals surface area contributed by atoms with Gasteiger partial charge in [0, 0.05) is 5.03 Å². The maximum atomic E-state index is 10.9. The molecule has 84 valence electrons. The van der Waals surface area contributed by atoms with Crippen molar-refractivity contribution >= 4 is 40.8 Å². The molecule has 0 heterocycles. The van der Waals surface area contributed by atoms with Crippen LogP contribution in [0.25, 0.3) is 0 Å². The van der Waals surface area contributed by atoms with Gasteiger partial charge in [-0.1, -0.05) is 54.7 Å². The lowest BCUT2D eigenvalue weighted by Crippen LogP contribution is -2.02. The molecule has 15 heavy (non-hydrogen) atoms. The fourth-order valence-electron chi connectivity index (χ4n) is 1.78. The van der Waals surface area contributed by atoms with Gasteiger partial charge in [-0.25, -0.2) is 0 Å². The second-order valence-electron chi connectivity index (χ2n) is 4.15. The predicted octanol–water partition coefficient (Wildman–Crippen LogP) is 3.78. The van der Waals surface area contributed by atoms with Crippen LogP contribution in [0.5, 0.6) is 0 Å². The van der Waals surface area contributed by atoms with Crippen LogP contribution in [0.3, 0.4) is 0 Å². The first kappa shape index (κ1) is 12.9. The third kappa shape index (κ3) is 2.90. The second kappa shape index (κ2) is 4.36. The van der Waals surface area contributed by atoms with Gasteiger partial charge in [0.2, 0.25) is 0 Å². The number of hydrogen-bond donors (Lipinski definition) is 1. The maximum Gasteiger partial charge on any atom is 0.307 e. The first-order valence-electron chi connectivity index (χ1n) is 4.39. The van der Waals surface area contributed by atoms with Crippen LogP contribution in [0, 0.1) is 17.3 Å². The van der Waals surface area contributed by atoms with E-state index in [1.54, 1.807) is 6.08 Å². The minimum absolute atomic E-state index is 0.0570. The van der Waals surface area contributed by atoms with Crippen molar-refractivity contribution in [2.24, 2.45) is 17.3 Å². The summed E-state index contributed by atoms with van der Waals surface area (Å²) in [5.74, 6) is -1.24. The van der Waals surface area contributed by atoms with Gasteiger partial charge in [0.1, 0.15) is 4.49 Å². The first-order chi connectivity index (χ1) is 6.76. The molecule has 0 aromatic carbocycles. The predicted molar refractivity (Wildman–Crippen MR) is 62.1 cm³/mol. The molecule has 1 rings (SSSR count). The van der Waals surface area contributed by atoms with E-state index in [0.29, 0.717) is 5.03 Å². The first-order valence-corrected chi connectivity index (χ1v) is 5.53. The monoisotopic (exact) mass is 268 g/mol. The van der Waals surface area contributed by atoms with E-state index in [2.05, 4.69) is 0 Å². The zero-order valence-electron chi connectivity index (χ0n) is 8.30. The van der Waals surface area contributed by atoms with E-state index in [1.165, 1.54) is 6.08 Å².